The summed E-state index contributed by atoms with van der Waals surface area (Å²) in [6.07, 6.45) is 5.88. The average molecular weight is 318 g/mol. The lowest BCUT2D eigenvalue weighted by Gasteiger charge is -2.44. The zero-order chi connectivity index (χ0) is 17.0. The van der Waals surface area contributed by atoms with Gasteiger partial charge in [0.2, 0.25) is 0 Å². The molecule has 0 radical (unpaired) electrons. The molecule has 1 unspecified atom stereocenters. The molecule has 0 aromatic carbocycles. The van der Waals surface area contributed by atoms with Crippen molar-refractivity contribution in [1.29, 1.82) is 0 Å². The van der Waals surface area contributed by atoms with E-state index in [1.807, 2.05) is 6.92 Å². The summed E-state index contributed by atoms with van der Waals surface area (Å²) >= 11 is 0. The summed E-state index contributed by atoms with van der Waals surface area (Å²) in [6, 6.07) is 0. The Morgan fingerprint density at radius 2 is 1.96 bits per heavy atom. The van der Waals surface area contributed by atoms with Crippen molar-refractivity contribution < 1.29 is 14.6 Å². The quantitative estimate of drug-likeness (QED) is 0.543. The SMILES string of the molecule is CC1=C2C(=O)[C@H]3O[C@]3(C)CC/C=C(\C)CCC1(C)[C@H](C)C[C@@H]2O. The molecule has 0 amide bonds. The summed E-state index contributed by atoms with van der Waals surface area (Å²) in [7, 11) is 0. The number of ether oxygens (including phenoxy) is 1. The Kier molecular flexibility index (Phi) is 4.09. The number of allylic oxidation sites excluding steroid dienone is 3. The van der Waals surface area contributed by atoms with E-state index in [1.54, 1.807) is 0 Å². The van der Waals surface area contributed by atoms with Gasteiger partial charge in [-0.15, -0.1) is 0 Å². The number of Topliss-reactive ketones (excluding diaryl/α,β-unsaturated/α-hetero) is 1. The van der Waals surface area contributed by atoms with E-state index in [2.05, 4.69) is 33.8 Å². The molecule has 3 rings (SSSR count). The van der Waals surface area contributed by atoms with Crippen molar-refractivity contribution in [3.05, 3.63) is 22.8 Å². The Morgan fingerprint density at radius 1 is 1.26 bits per heavy atom. The zero-order valence-electron chi connectivity index (χ0n) is 15.1. The van der Waals surface area contributed by atoms with Gasteiger partial charge in [-0.1, -0.05) is 31.1 Å². The fourth-order valence-corrected chi connectivity index (χ4v) is 4.48. The molecule has 0 aromatic heterocycles. The van der Waals surface area contributed by atoms with Crippen molar-refractivity contribution in [3.8, 4) is 0 Å². The number of epoxide rings is 1. The molecule has 1 saturated heterocycles. The van der Waals surface area contributed by atoms with Crippen molar-refractivity contribution >= 4 is 5.78 Å². The molecule has 0 saturated carbocycles. The fraction of sp³-hybridized carbons (Fsp3) is 0.750. The minimum absolute atomic E-state index is 0.0240. The minimum atomic E-state index is -0.640. The Hall–Kier alpha value is -0.930. The number of rotatable bonds is 0. The Bertz CT molecular complexity index is 588. The largest absolute Gasteiger partial charge is 0.388 e. The zero-order valence-corrected chi connectivity index (χ0v) is 15.1. The molecule has 128 valence electrons. The molecular formula is C20H30O3. The maximum Gasteiger partial charge on any atom is 0.193 e. The van der Waals surface area contributed by atoms with E-state index >= 15 is 0 Å². The highest BCUT2D eigenvalue weighted by molar-refractivity contribution is 6.03. The topological polar surface area (TPSA) is 49.8 Å². The van der Waals surface area contributed by atoms with E-state index in [9.17, 15) is 9.90 Å². The van der Waals surface area contributed by atoms with Crippen molar-refractivity contribution in [2.24, 2.45) is 11.3 Å². The summed E-state index contributed by atoms with van der Waals surface area (Å²) in [4.78, 5) is 13.0. The molecule has 1 N–H and O–H groups in total. The van der Waals surface area contributed by atoms with Gasteiger partial charge in [0.15, 0.2) is 5.78 Å². The lowest BCUT2D eigenvalue weighted by atomic mass is 9.61. The van der Waals surface area contributed by atoms with Gasteiger partial charge in [-0.2, -0.15) is 0 Å². The molecule has 0 spiro atoms. The third-order valence-electron chi connectivity index (χ3n) is 6.82. The Labute approximate surface area is 139 Å². The maximum atomic E-state index is 13.0. The number of carbonyl (C=O) groups excluding carboxylic acids is 1. The fourth-order valence-electron chi connectivity index (χ4n) is 4.48. The lowest BCUT2D eigenvalue weighted by molar-refractivity contribution is -0.118. The standard InChI is InChI=1S/C20H30O3/c1-12-7-6-9-20(5)18(23-20)17(22)16-14(3)19(4,10-8-12)13(2)11-15(16)21/h7,13,15,18,21H,6,8-11H2,1-5H3/b12-7+/t13-,15+,18-,19?,20-/m1/s1. The van der Waals surface area contributed by atoms with Gasteiger partial charge >= 0.3 is 0 Å². The number of ketones is 1. The van der Waals surface area contributed by atoms with Crippen LogP contribution in [0.15, 0.2) is 22.8 Å². The molecule has 1 aliphatic heterocycles. The summed E-state index contributed by atoms with van der Waals surface area (Å²) in [5, 5.41) is 10.6. The lowest BCUT2D eigenvalue weighted by Crippen LogP contribution is -2.40. The van der Waals surface area contributed by atoms with E-state index in [-0.39, 0.29) is 22.9 Å². The van der Waals surface area contributed by atoms with Crippen molar-refractivity contribution in [1.82, 2.24) is 0 Å². The number of aliphatic hydroxyl groups excluding tert-OH is 1. The molecular weight excluding hydrogens is 288 g/mol. The van der Waals surface area contributed by atoms with Crippen LogP contribution in [0, 0.1) is 11.3 Å². The van der Waals surface area contributed by atoms with Gasteiger partial charge in [0.05, 0.1) is 6.10 Å². The van der Waals surface area contributed by atoms with Crippen LogP contribution in [0.3, 0.4) is 0 Å². The molecule has 0 aromatic rings. The third kappa shape index (κ3) is 2.72. The van der Waals surface area contributed by atoms with Crippen LogP contribution in [0.4, 0.5) is 0 Å². The Morgan fingerprint density at radius 3 is 2.65 bits per heavy atom. The van der Waals surface area contributed by atoms with Crippen LogP contribution in [0.25, 0.3) is 0 Å². The molecule has 5 atom stereocenters. The molecule has 1 heterocycles. The van der Waals surface area contributed by atoms with Crippen LogP contribution in [-0.4, -0.2) is 28.7 Å². The predicted molar refractivity (Wildman–Crippen MR) is 91.1 cm³/mol. The normalized spacial score (nSPS) is 47.1. The highest BCUT2D eigenvalue weighted by Crippen LogP contribution is 2.51. The minimum Gasteiger partial charge on any atom is -0.388 e. The number of carbonyl (C=O) groups is 1. The van der Waals surface area contributed by atoms with Gasteiger partial charge in [-0.25, -0.2) is 0 Å². The van der Waals surface area contributed by atoms with Gasteiger partial charge in [0, 0.05) is 5.57 Å². The van der Waals surface area contributed by atoms with E-state index in [0.717, 1.165) is 31.3 Å². The van der Waals surface area contributed by atoms with Crippen molar-refractivity contribution in [3.63, 3.8) is 0 Å². The number of hydrogen-bond acceptors (Lipinski definition) is 3. The smallest absolute Gasteiger partial charge is 0.193 e. The summed E-state index contributed by atoms with van der Waals surface area (Å²) in [6.45, 7) is 10.7. The van der Waals surface area contributed by atoms with E-state index in [4.69, 9.17) is 4.74 Å². The van der Waals surface area contributed by atoms with Crippen LogP contribution < -0.4 is 0 Å². The molecule has 23 heavy (non-hydrogen) atoms. The van der Waals surface area contributed by atoms with Gasteiger partial charge in [0.1, 0.15) is 11.7 Å². The van der Waals surface area contributed by atoms with Crippen molar-refractivity contribution in [2.45, 2.75) is 84.5 Å². The van der Waals surface area contributed by atoms with Crippen LogP contribution >= 0.6 is 0 Å². The summed E-state index contributed by atoms with van der Waals surface area (Å²) in [5.41, 5.74) is 2.77. The Balaban J connectivity index is 2.05. The predicted octanol–water partition coefficient (Wildman–Crippen LogP) is 3.96. The van der Waals surface area contributed by atoms with E-state index < -0.39 is 6.10 Å². The highest BCUT2D eigenvalue weighted by Gasteiger charge is 2.58. The summed E-state index contributed by atoms with van der Waals surface area (Å²) < 4.78 is 5.79. The van der Waals surface area contributed by atoms with Gasteiger partial charge in [-0.05, 0) is 64.2 Å². The monoisotopic (exact) mass is 318 g/mol. The van der Waals surface area contributed by atoms with E-state index in [0.29, 0.717) is 17.9 Å². The first-order chi connectivity index (χ1) is 10.7. The van der Waals surface area contributed by atoms with Crippen LogP contribution in [0.1, 0.15) is 66.7 Å². The van der Waals surface area contributed by atoms with Crippen LogP contribution in [0.5, 0.6) is 0 Å². The van der Waals surface area contributed by atoms with Crippen molar-refractivity contribution in [2.75, 3.05) is 0 Å². The second-order valence-electron chi connectivity index (χ2n) is 8.37. The second-order valence-corrected chi connectivity index (χ2v) is 8.37. The average Bonchev–Trinajstić information content (AvgIpc) is 3.14. The van der Waals surface area contributed by atoms with Crippen LogP contribution in [-0.2, 0) is 9.53 Å². The molecule has 2 bridgehead atoms. The van der Waals surface area contributed by atoms with Crippen LogP contribution in [0.2, 0.25) is 0 Å². The molecule has 2 aliphatic carbocycles. The van der Waals surface area contributed by atoms with E-state index in [1.165, 1.54) is 5.57 Å². The third-order valence-corrected chi connectivity index (χ3v) is 6.82. The first kappa shape index (κ1) is 16.9. The molecule has 3 heteroatoms. The first-order valence-corrected chi connectivity index (χ1v) is 8.96. The molecule has 1 fully saturated rings. The number of fused-ring (bicyclic) bond motifs is 2. The first-order valence-electron chi connectivity index (χ1n) is 8.96. The molecule has 3 aliphatic rings. The van der Waals surface area contributed by atoms with Gasteiger partial charge < -0.3 is 9.84 Å². The number of aliphatic hydroxyl groups is 1. The summed E-state index contributed by atoms with van der Waals surface area (Å²) in [5.74, 6) is 0.396. The van der Waals surface area contributed by atoms with Gasteiger partial charge in [-0.3, -0.25) is 4.79 Å². The maximum absolute atomic E-state index is 13.0. The number of hydrogen-bond donors (Lipinski definition) is 1. The second kappa shape index (κ2) is 5.56. The van der Waals surface area contributed by atoms with Gasteiger partial charge in [0.25, 0.3) is 0 Å². The molecule has 3 nitrogen and oxygen atoms in total. The highest BCUT2D eigenvalue weighted by atomic mass is 16.6.